The normalized spacial score (nSPS) is 12.1. The summed E-state index contributed by atoms with van der Waals surface area (Å²) in [6.45, 7) is 7.69. The molecule has 0 radical (unpaired) electrons. The van der Waals surface area contributed by atoms with Gasteiger partial charge in [-0.1, -0.05) is 6.07 Å². The molecule has 1 aromatic heterocycles. The first-order chi connectivity index (χ1) is 10.5. The average molecular weight is 324 g/mol. The molecule has 1 aromatic carbocycles. The van der Waals surface area contributed by atoms with Gasteiger partial charge >= 0.3 is 6.18 Å². The molecule has 0 aliphatic heterocycles. The second-order valence-corrected chi connectivity index (χ2v) is 6.30. The van der Waals surface area contributed by atoms with Gasteiger partial charge in [0.05, 0.1) is 5.56 Å². The van der Waals surface area contributed by atoms with Gasteiger partial charge in [0.2, 0.25) is 5.95 Å². The Kier molecular flexibility index (Phi) is 4.49. The summed E-state index contributed by atoms with van der Waals surface area (Å²) in [7, 11) is 0. The average Bonchev–Trinajstić information content (AvgIpc) is 2.40. The van der Waals surface area contributed by atoms with Crippen molar-refractivity contribution in [3.05, 3.63) is 41.6 Å². The molecular formula is C16H19F3N4. The van der Waals surface area contributed by atoms with Crippen molar-refractivity contribution >= 4 is 17.5 Å². The van der Waals surface area contributed by atoms with Gasteiger partial charge in [-0.05, 0) is 45.9 Å². The van der Waals surface area contributed by atoms with E-state index in [-0.39, 0.29) is 5.54 Å². The fraction of sp³-hybridized carbons (Fsp3) is 0.375. The van der Waals surface area contributed by atoms with Crippen LogP contribution >= 0.6 is 0 Å². The monoisotopic (exact) mass is 324 g/mol. The molecule has 0 atom stereocenters. The van der Waals surface area contributed by atoms with Gasteiger partial charge < -0.3 is 10.6 Å². The van der Waals surface area contributed by atoms with Crippen molar-refractivity contribution < 1.29 is 13.2 Å². The molecule has 2 rings (SSSR count). The molecule has 0 aliphatic rings. The summed E-state index contributed by atoms with van der Waals surface area (Å²) in [5.41, 5.74) is 0.135. The van der Waals surface area contributed by atoms with Gasteiger partial charge in [-0.2, -0.15) is 18.2 Å². The summed E-state index contributed by atoms with van der Waals surface area (Å²) in [5, 5.41) is 6.05. The highest BCUT2D eigenvalue weighted by Crippen LogP contribution is 2.31. The zero-order chi connectivity index (χ0) is 17.3. The van der Waals surface area contributed by atoms with Crippen molar-refractivity contribution in [3.63, 3.8) is 0 Å². The van der Waals surface area contributed by atoms with Gasteiger partial charge in [0.1, 0.15) is 5.82 Å². The number of benzene rings is 1. The molecular weight excluding hydrogens is 305 g/mol. The van der Waals surface area contributed by atoms with Gasteiger partial charge in [-0.15, -0.1) is 0 Å². The number of nitrogens with one attached hydrogen (secondary N) is 2. The minimum atomic E-state index is -4.38. The first-order valence-electron chi connectivity index (χ1n) is 7.11. The summed E-state index contributed by atoms with van der Waals surface area (Å²) in [4.78, 5) is 8.51. The van der Waals surface area contributed by atoms with E-state index in [0.29, 0.717) is 17.5 Å². The van der Waals surface area contributed by atoms with E-state index in [1.165, 1.54) is 6.07 Å². The first-order valence-corrected chi connectivity index (χ1v) is 7.11. The van der Waals surface area contributed by atoms with Gasteiger partial charge in [-0.3, -0.25) is 0 Å². The maximum atomic E-state index is 12.8. The van der Waals surface area contributed by atoms with E-state index in [4.69, 9.17) is 0 Å². The minimum Gasteiger partial charge on any atom is -0.350 e. The first kappa shape index (κ1) is 17.1. The Labute approximate surface area is 133 Å². The predicted molar refractivity (Wildman–Crippen MR) is 84.9 cm³/mol. The summed E-state index contributed by atoms with van der Waals surface area (Å²) in [5.74, 6) is 0.878. The smallest absolute Gasteiger partial charge is 0.350 e. The molecule has 7 heteroatoms. The number of halogens is 3. The molecule has 0 amide bonds. The van der Waals surface area contributed by atoms with Gasteiger partial charge in [0.15, 0.2) is 0 Å². The number of hydrogen-bond donors (Lipinski definition) is 2. The maximum absolute atomic E-state index is 12.8. The number of rotatable bonds is 3. The highest BCUT2D eigenvalue weighted by molar-refractivity contribution is 5.61. The fourth-order valence-corrected chi connectivity index (χ4v) is 1.87. The number of nitrogens with zero attached hydrogens (tertiary/aromatic N) is 2. The van der Waals surface area contributed by atoms with Crippen molar-refractivity contribution in [1.82, 2.24) is 9.97 Å². The molecule has 4 nitrogen and oxygen atoms in total. The fourth-order valence-electron chi connectivity index (χ4n) is 1.87. The van der Waals surface area contributed by atoms with Crippen molar-refractivity contribution in [2.24, 2.45) is 0 Å². The van der Waals surface area contributed by atoms with Gasteiger partial charge in [0.25, 0.3) is 0 Å². The van der Waals surface area contributed by atoms with Crippen LogP contribution in [-0.2, 0) is 6.18 Å². The molecule has 23 heavy (non-hydrogen) atoms. The van der Waals surface area contributed by atoms with Crippen LogP contribution in [0.25, 0.3) is 0 Å². The third-order valence-corrected chi connectivity index (χ3v) is 2.91. The number of aryl methyl sites for hydroxylation is 1. The molecule has 0 aliphatic carbocycles. The van der Waals surface area contributed by atoms with Crippen LogP contribution in [0.3, 0.4) is 0 Å². The number of hydrogen-bond acceptors (Lipinski definition) is 4. The lowest BCUT2D eigenvalue weighted by Crippen LogP contribution is -2.27. The molecule has 124 valence electrons. The maximum Gasteiger partial charge on any atom is 0.416 e. The Morgan fingerprint density at radius 1 is 1.09 bits per heavy atom. The molecule has 0 bridgehead atoms. The van der Waals surface area contributed by atoms with Crippen molar-refractivity contribution in [1.29, 1.82) is 0 Å². The summed E-state index contributed by atoms with van der Waals surface area (Å²) < 4.78 is 38.3. The lowest BCUT2D eigenvalue weighted by molar-refractivity contribution is -0.137. The second kappa shape index (κ2) is 6.06. The van der Waals surface area contributed by atoms with E-state index in [1.807, 2.05) is 20.8 Å². The van der Waals surface area contributed by atoms with E-state index in [0.717, 1.165) is 17.7 Å². The zero-order valence-corrected chi connectivity index (χ0v) is 13.4. The number of alkyl halides is 3. The second-order valence-electron chi connectivity index (χ2n) is 6.30. The van der Waals surface area contributed by atoms with Crippen molar-refractivity contribution in [2.75, 3.05) is 10.6 Å². The third kappa shape index (κ3) is 4.84. The van der Waals surface area contributed by atoms with Crippen LogP contribution in [0, 0.1) is 6.92 Å². The topological polar surface area (TPSA) is 49.8 Å². The largest absolute Gasteiger partial charge is 0.416 e. The minimum absolute atomic E-state index is 0.220. The molecule has 2 aromatic rings. The molecule has 0 saturated heterocycles. The quantitative estimate of drug-likeness (QED) is 0.855. The third-order valence-electron chi connectivity index (χ3n) is 2.91. The van der Waals surface area contributed by atoms with Crippen LogP contribution in [-0.4, -0.2) is 15.5 Å². The Balaban J connectivity index is 2.28. The summed E-state index contributed by atoms with van der Waals surface area (Å²) >= 11 is 0. The predicted octanol–water partition coefficient (Wildman–Crippen LogP) is 4.76. The SMILES string of the molecule is Cc1cnc(NC(C)(C)C)nc1Nc1cccc(C(F)(F)F)c1. The summed E-state index contributed by atoms with van der Waals surface area (Å²) in [6.07, 6.45) is -2.76. The lowest BCUT2D eigenvalue weighted by Gasteiger charge is -2.21. The lowest BCUT2D eigenvalue weighted by atomic mass is 10.1. The van der Waals surface area contributed by atoms with E-state index >= 15 is 0 Å². The molecule has 0 fully saturated rings. The standard InChI is InChI=1S/C16H19F3N4/c1-10-9-20-14(23-15(2,3)4)22-13(10)21-12-7-5-6-11(8-12)16(17,18)19/h5-9H,1-4H3,(H2,20,21,22,23). The highest BCUT2D eigenvalue weighted by atomic mass is 19.4. The van der Waals surface area contributed by atoms with Gasteiger partial charge in [-0.25, -0.2) is 4.98 Å². The summed E-state index contributed by atoms with van der Waals surface area (Å²) in [6, 6.07) is 5.01. The van der Waals surface area contributed by atoms with Crippen LogP contribution in [0.1, 0.15) is 31.9 Å². The van der Waals surface area contributed by atoms with Crippen LogP contribution in [0.2, 0.25) is 0 Å². The van der Waals surface area contributed by atoms with E-state index < -0.39 is 11.7 Å². The number of aromatic nitrogens is 2. The molecule has 1 heterocycles. The Morgan fingerprint density at radius 2 is 1.78 bits per heavy atom. The Bertz CT molecular complexity index is 690. The number of anilines is 3. The van der Waals surface area contributed by atoms with Crippen LogP contribution in [0.4, 0.5) is 30.6 Å². The van der Waals surface area contributed by atoms with Crippen molar-refractivity contribution in [2.45, 2.75) is 39.4 Å². The van der Waals surface area contributed by atoms with Gasteiger partial charge in [0, 0.05) is 23.0 Å². The van der Waals surface area contributed by atoms with Crippen LogP contribution in [0.15, 0.2) is 30.5 Å². The molecule has 0 spiro atoms. The van der Waals surface area contributed by atoms with E-state index in [1.54, 1.807) is 19.2 Å². The van der Waals surface area contributed by atoms with Crippen LogP contribution < -0.4 is 10.6 Å². The highest BCUT2D eigenvalue weighted by Gasteiger charge is 2.30. The van der Waals surface area contributed by atoms with E-state index in [9.17, 15) is 13.2 Å². The van der Waals surface area contributed by atoms with Crippen LogP contribution in [0.5, 0.6) is 0 Å². The Hall–Kier alpha value is -2.31. The van der Waals surface area contributed by atoms with E-state index in [2.05, 4.69) is 20.6 Å². The van der Waals surface area contributed by atoms with Crippen molar-refractivity contribution in [3.8, 4) is 0 Å². The molecule has 0 saturated carbocycles. The Morgan fingerprint density at radius 3 is 2.39 bits per heavy atom. The molecule has 0 unspecified atom stereocenters. The zero-order valence-electron chi connectivity index (χ0n) is 13.4. The molecule has 2 N–H and O–H groups in total.